The van der Waals surface area contributed by atoms with Crippen LogP contribution in [-0.2, 0) is 4.79 Å². The van der Waals surface area contributed by atoms with Gasteiger partial charge in [0, 0.05) is 39.0 Å². The SMILES string of the molecule is Cc1cnc2n1-c1cc(Br)c(Br)cc1C(c1ccccn1)=N[C@H]2CCC(=O)O. The molecule has 0 radical (unpaired) electrons. The first-order valence-electron chi connectivity index (χ1n) is 8.70. The largest absolute Gasteiger partial charge is 0.481 e. The maximum Gasteiger partial charge on any atom is 0.303 e. The standard InChI is InChI=1S/C20H16Br2N4O2/c1-11-10-24-20-16(5-6-18(27)28)25-19(15-4-2-3-7-23-15)12-8-13(21)14(22)9-17(12)26(11)20/h2-4,7-10,16H,5-6H2,1H3,(H,27,28)/t16-/m0/s1. The summed E-state index contributed by atoms with van der Waals surface area (Å²) in [6, 6.07) is 9.33. The first-order chi connectivity index (χ1) is 13.5. The van der Waals surface area contributed by atoms with Gasteiger partial charge < -0.3 is 5.11 Å². The van der Waals surface area contributed by atoms with Gasteiger partial charge in [0.1, 0.15) is 11.9 Å². The molecule has 4 rings (SSSR count). The van der Waals surface area contributed by atoms with E-state index in [1.807, 2.05) is 37.3 Å². The van der Waals surface area contributed by atoms with Crippen LogP contribution in [-0.4, -0.2) is 31.3 Å². The lowest BCUT2D eigenvalue weighted by Gasteiger charge is -2.15. The number of imidazole rings is 1. The second-order valence-corrected chi connectivity index (χ2v) is 8.23. The number of fused-ring (bicyclic) bond motifs is 3. The number of aromatic nitrogens is 3. The fourth-order valence-electron chi connectivity index (χ4n) is 3.36. The molecular formula is C20H16Br2N4O2. The highest BCUT2D eigenvalue weighted by Gasteiger charge is 2.28. The van der Waals surface area contributed by atoms with Crippen LogP contribution in [0.1, 0.15) is 41.7 Å². The number of aliphatic imine (C=N–C) groups is 1. The van der Waals surface area contributed by atoms with Crippen LogP contribution in [0.15, 0.2) is 56.7 Å². The Hall–Kier alpha value is -2.32. The Morgan fingerprint density at radius 1 is 1.21 bits per heavy atom. The molecule has 0 aliphatic carbocycles. The summed E-state index contributed by atoms with van der Waals surface area (Å²) in [5, 5.41) is 9.20. The number of carboxylic acid groups (broad SMARTS) is 1. The maximum atomic E-state index is 11.2. The summed E-state index contributed by atoms with van der Waals surface area (Å²) in [6.45, 7) is 1.98. The van der Waals surface area contributed by atoms with Crippen LogP contribution in [0.4, 0.5) is 0 Å². The molecule has 2 aromatic heterocycles. The van der Waals surface area contributed by atoms with Crippen LogP contribution in [0, 0.1) is 6.92 Å². The van der Waals surface area contributed by atoms with Crippen molar-refractivity contribution < 1.29 is 9.90 Å². The summed E-state index contributed by atoms with van der Waals surface area (Å²) in [4.78, 5) is 25.2. The highest BCUT2D eigenvalue weighted by molar-refractivity contribution is 9.13. The van der Waals surface area contributed by atoms with Crippen molar-refractivity contribution in [3.05, 3.63) is 74.4 Å². The fourth-order valence-corrected chi connectivity index (χ4v) is 4.03. The van der Waals surface area contributed by atoms with E-state index in [0.717, 1.165) is 43.1 Å². The number of aliphatic carboxylic acids is 1. The average molecular weight is 504 g/mol. The predicted octanol–water partition coefficient (Wildman–Crippen LogP) is 4.86. The molecule has 8 heteroatoms. The molecule has 1 aliphatic heterocycles. The predicted molar refractivity (Wildman–Crippen MR) is 113 cm³/mol. The van der Waals surface area contributed by atoms with Crippen molar-refractivity contribution in [2.75, 3.05) is 0 Å². The molecule has 1 atom stereocenters. The van der Waals surface area contributed by atoms with Gasteiger partial charge in [-0.3, -0.25) is 19.3 Å². The van der Waals surface area contributed by atoms with Crippen LogP contribution >= 0.6 is 31.9 Å². The Balaban J connectivity index is 2.00. The van der Waals surface area contributed by atoms with Crippen molar-refractivity contribution in [1.29, 1.82) is 0 Å². The van der Waals surface area contributed by atoms with E-state index in [1.54, 1.807) is 12.4 Å². The van der Waals surface area contributed by atoms with E-state index in [-0.39, 0.29) is 12.5 Å². The zero-order valence-corrected chi connectivity index (χ0v) is 18.1. The molecule has 0 spiro atoms. The number of pyridine rings is 1. The number of hydrogen-bond acceptors (Lipinski definition) is 4. The molecule has 142 valence electrons. The van der Waals surface area contributed by atoms with E-state index >= 15 is 0 Å². The van der Waals surface area contributed by atoms with E-state index < -0.39 is 5.97 Å². The van der Waals surface area contributed by atoms with Crippen LogP contribution in [0.2, 0.25) is 0 Å². The minimum Gasteiger partial charge on any atom is -0.481 e. The van der Waals surface area contributed by atoms with Crippen molar-refractivity contribution in [2.24, 2.45) is 4.99 Å². The highest BCUT2D eigenvalue weighted by atomic mass is 79.9. The highest BCUT2D eigenvalue weighted by Crippen LogP contribution is 2.37. The van der Waals surface area contributed by atoms with Gasteiger partial charge in [0.15, 0.2) is 0 Å². The average Bonchev–Trinajstić information content (AvgIpc) is 2.99. The lowest BCUT2D eigenvalue weighted by atomic mass is 10.0. The second kappa shape index (κ2) is 7.60. The Morgan fingerprint density at radius 3 is 2.71 bits per heavy atom. The van der Waals surface area contributed by atoms with Crippen LogP contribution in [0.5, 0.6) is 0 Å². The molecule has 0 unspecified atom stereocenters. The van der Waals surface area contributed by atoms with E-state index in [0.29, 0.717) is 6.42 Å². The molecular weight excluding hydrogens is 488 g/mol. The Bertz CT molecular complexity index is 1090. The van der Waals surface area contributed by atoms with E-state index in [4.69, 9.17) is 4.99 Å². The summed E-state index contributed by atoms with van der Waals surface area (Å²) in [6.07, 6.45) is 3.90. The van der Waals surface area contributed by atoms with Gasteiger partial charge in [0.2, 0.25) is 0 Å². The smallest absolute Gasteiger partial charge is 0.303 e. The lowest BCUT2D eigenvalue weighted by molar-refractivity contribution is -0.137. The van der Waals surface area contributed by atoms with Gasteiger partial charge in [-0.25, -0.2) is 4.98 Å². The first-order valence-corrected chi connectivity index (χ1v) is 10.3. The van der Waals surface area contributed by atoms with Crippen molar-refractivity contribution in [1.82, 2.24) is 14.5 Å². The van der Waals surface area contributed by atoms with Gasteiger partial charge in [0.25, 0.3) is 0 Å². The van der Waals surface area contributed by atoms with Crippen LogP contribution in [0.25, 0.3) is 5.69 Å². The maximum absolute atomic E-state index is 11.2. The van der Waals surface area contributed by atoms with E-state index in [2.05, 4.69) is 46.4 Å². The normalized spacial score (nSPS) is 15.4. The topological polar surface area (TPSA) is 80.4 Å². The van der Waals surface area contributed by atoms with Crippen molar-refractivity contribution >= 4 is 43.5 Å². The van der Waals surface area contributed by atoms with E-state index in [1.165, 1.54) is 0 Å². The summed E-state index contributed by atoms with van der Waals surface area (Å²) >= 11 is 7.18. The monoisotopic (exact) mass is 502 g/mol. The molecule has 0 bridgehead atoms. The molecule has 3 aromatic rings. The number of benzene rings is 1. The van der Waals surface area contributed by atoms with Gasteiger partial charge in [-0.2, -0.15) is 0 Å². The zero-order valence-electron chi connectivity index (χ0n) is 14.9. The fraction of sp³-hybridized carbons (Fsp3) is 0.200. The van der Waals surface area contributed by atoms with Crippen molar-refractivity contribution in [3.8, 4) is 5.69 Å². The minimum atomic E-state index is -0.850. The Morgan fingerprint density at radius 2 is 2.00 bits per heavy atom. The number of carbonyl (C=O) groups is 1. The quantitative estimate of drug-likeness (QED) is 0.551. The lowest BCUT2D eigenvalue weighted by Crippen LogP contribution is -2.09. The molecule has 1 N–H and O–H groups in total. The molecule has 6 nitrogen and oxygen atoms in total. The molecule has 28 heavy (non-hydrogen) atoms. The van der Waals surface area contributed by atoms with Gasteiger partial charge in [-0.05, 0) is 69.5 Å². The Labute approximate surface area is 178 Å². The summed E-state index contributed by atoms with van der Waals surface area (Å²) < 4.78 is 3.87. The third-order valence-corrected chi connectivity index (χ3v) is 6.47. The molecule has 0 saturated heterocycles. The summed E-state index contributed by atoms with van der Waals surface area (Å²) in [5.74, 6) is -0.114. The van der Waals surface area contributed by atoms with Gasteiger partial charge in [-0.1, -0.05) is 6.07 Å². The zero-order chi connectivity index (χ0) is 19.8. The van der Waals surface area contributed by atoms with Crippen molar-refractivity contribution in [2.45, 2.75) is 25.8 Å². The van der Waals surface area contributed by atoms with Crippen molar-refractivity contribution in [3.63, 3.8) is 0 Å². The number of nitrogens with zero attached hydrogens (tertiary/aromatic N) is 4. The Kier molecular flexibility index (Phi) is 5.16. The number of halogens is 2. The van der Waals surface area contributed by atoms with Gasteiger partial charge in [0.05, 0.1) is 17.1 Å². The second-order valence-electron chi connectivity index (χ2n) is 6.52. The third-order valence-electron chi connectivity index (χ3n) is 4.62. The third kappa shape index (κ3) is 3.42. The van der Waals surface area contributed by atoms with Crippen LogP contribution < -0.4 is 0 Å². The molecule has 0 saturated carbocycles. The molecule has 0 fully saturated rings. The summed E-state index contributed by atoms with van der Waals surface area (Å²) in [5.41, 5.74) is 4.27. The van der Waals surface area contributed by atoms with Gasteiger partial charge >= 0.3 is 5.97 Å². The number of hydrogen-bond donors (Lipinski definition) is 1. The van der Waals surface area contributed by atoms with Crippen LogP contribution in [0.3, 0.4) is 0 Å². The number of carboxylic acids is 1. The summed E-state index contributed by atoms with van der Waals surface area (Å²) in [7, 11) is 0. The molecule has 1 aliphatic rings. The van der Waals surface area contributed by atoms with Gasteiger partial charge in [-0.15, -0.1) is 0 Å². The molecule has 0 amide bonds. The molecule has 3 heterocycles. The number of rotatable bonds is 4. The van der Waals surface area contributed by atoms with E-state index in [9.17, 15) is 9.90 Å². The number of aryl methyl sites for hydroxylation is 1. The first kappa shape index (κ1) is 19.0. The molecule has 1 aromatic carbocycles. The minimum absolute atomic E-state index is 0.0132.